The lowest BCUT2D eigenvalue weighted by atomic mass is 9.90. The van der Waals surface area contributed by atoms with Crippen molar-refractivity contribution in [2.24, 2.45) is 11.8 Å². The third-order valence-electron chi connectivity index (χ3n) is 4.19. The Hall–Kier alpha value is -2.04. The van der Waals surface area contributed by atoms with Crippen molar-refractivity contribution in [3.63, 3.8) is 0 Å². The van der Waals surface area contributed by atoms with E-state index in [9.17, 15) is 14.7 Å². The van der Waals surface area contributed by atoms with Gasteiger partial charge in [0.1, 0.15) is 5.75 Å². The first-order valence-corrected chi connectivity index (χ1v) is 7.54. The summed E-state index contributed by atoms with van der Waals surface area (Å²) in [4.78, 5) is 25.3. The first-order chi connectivity index (χ1) is 10.4. The zero-order valence-electron chi connectivity index (χ0n) is 13.3. The third kappa shape index (κ3) is 3.78. The van der Waals surface area contributed by atoms with Crippen LogP contribution in [0.5, 0.6) is 5.75 Å². The summed E-state index contributed by atoms with van der Waals surface area (Å²) < 4.78 is 5.28. The lowest BCUT2D eigenvalue weighted by Crippen LogP contribution is -2.46. The number of methoxy groups -OCH3 is 1. The highest BCUT2D eigenvalue weighted by Gasteiger charge is 2.31. The van der Waals surface area contributed by atoms with E-state index < -0.39 is 11.9 Å². The summed E-state index contributed by atoms with van der Waals surface area (Å²) >= 11 is 0. The summed E-state index contributed by atoms with van der Waals surface area (Å²) in [6, 6.07) is 5.72. The van der Waals surface area contributed by atoms with Crippen LogP contribution in [0.25, 0.3) is 0 Å². The Labute approximate surface area is 130 Å². The Morgan fingerprint density at radius 2 is 2.09 bits per heavy atom. The van der Waals surface area contributed by atoms with E-state index in [2.05, 4.69) is 0 Å². The molecular weight excluding hydrogens is 282 g/mol. The van der Waals surface area contributed by atoms with Crippen molar-refractivity contribution in [3.8, 4) is 5.75 Å². The van der Waals surface area contributed by atoms with E-state index in [0.717, 1.165) is 16.9 Å². The van der Waals surface area contributed by atoms with Crippen LogP contribution in [0.1, 0.15) is 24.5 Å². The minimum Gasteiger partial charge on any atom is -0.496 e. The molecule has 0 aliphatic carbocycles. The van der Waals surface area contributed by atoms with Crippen LogP contribution in [0.3, 0.4) is 0 Å². The molecule has 1 N–H and O–H groups in total. The van der Waals surface area contributed by atoms with E-state index in [0.29, 0.717) is 19.5 Å². The van der Waals surface area contributed by atoms with E-state index in [1.165, 1.54) is 0 Å². The number of aryl methyl sites for hydroxylation is 1. The van der Waals surface area contributed by atoms with Crippen LogP contribution in [-0.2, 0) is 16.0 Å². The van der Waals surface area contributed by atoms with Gasteiger partial charge in [0.2, 0.25) is 5.91 Å². The van der Waals surface area contributed by atoms with Gasteiger partial charge in [-0.05, 0) is 36.5 Å². The normalized spacial score (nSPS) is 21.5. The standard InChI is InChI=1S/C17H23NO4/c1-11-6-14(17(20)21)10-18(9-11)16(19)8-13-5-4-12(2)15(7-13)22-3/h4-5,7,11,14H,6,8-10H2,1-3H3,(H,20,21). The van der Waals surface area contributed by atoms with Crippen LogP contribution in [0.15, 0.2) is 18.2 Å². The summed E-state index contributed by atoms with van der Waals surface area (Å²) in [7, 11) is 1.61. The molecule has 0 saturated carbocycles. The Morgan fingerprint density at radius 1 is 1.36 bits per heavy atom. The average Bonchev–Trinajstić information content (AvgIpc) is 2.48. The number of carbonyl (C=O) groups excluding carboxylic acids is 1. The molecule has 120 valence electrons. The fraction of sp³-hybridized carbons (Fsp3) is 0.529. The first kappa shape index (κ1) is 16.3. The molecule has 1 aliphatic heterocycles. The number of hydrogen-bond donors (Lipinski definition) is 1. The zero-order valence-corrected chi connectivity index (χ0v) is 13.3. The van der Waals surface area contributed by atoms with E-state index >= 15 is 0 Å². The number of benzene rings is 1. The molecule has 1 aromatic carbocycles. The van der Waals surface area contributed by atoms with Crippen LogP contribution >= 0.6 is 0 Å². The molecule has 2 unspecified atom stereocenters. The van der Waals surface area contributed by atoms with Gasteiger partial charge in [0.25, 0.3) is 0 Å². The molecule has 0 bridgehead atoms. The zero-order chi connectivity index (χ0) is 16.3. The molecule has 0 aromatic heterocycles. The maximum absolute atomic E-state index is 12.5. The third-order valence-corrected chi connectivity index (χ3v) is 4.19. The van der Waals surface area contributed by atoms with Gasteiger partial charge < -0.3 is 14.7 Å². The van der Waals surface area contributed by atoms with Crippen LogP contribution in [-0.4, -0.2) is 42.1 Å². The number of aliphatic carboxylic acids is 1. The van der Waals surface area contributed by atoms with Gasteiger partial charge in [-0.1, -0.05) is 19.1 Å². The molecule has 1 aromatic rings. The maximum atomic E-state index is 12.5. The van der Waals surface area contributed by atoms with Gasteiger partial charge in [0.05, 0.1) is 19.4 Å². The number of carboxylic acids is 1. The fourth-order valence-corrected chi connectivity index (χ4v) is 2.99. The van der Waals surface area contributed by atoms with Gasteiger partial charge in [-0.25, -0.2) is 0 Å². The largest absolute Gasteiger partial charge is 0.496 e. The Morgan fingerprint density at radius 3 is 2.73 bits per heavy atom. The average molecular weight is 305 g/mol. The SMILES string of the molecule is COc1cc(CC(=O)N2CC(C)CC(C(=O)O)C2)ccc1C. The van der Waals surface area contributed by atoms with E-state index in [4.69, 9.17) is 4.74 Å². The number of carboxylic acid groups (broad SMARTS) is 1. The maximum Gasteiger partial charge on any atom is 0.308 e. The summed E-state index contributed by atoms with van der Waals surface area (Å²) in [5, 5.41) is 9.19. The molecule has 5 heteroatoms. The van der Waals surface area contributed by atoms with Crippen LogP contribution < -0.4 is 4.74 Å². The summed E-state index contributed by atoms with van der Waals surface area (Å²) in [6.07, 6.45) is 0.910. The lowest BCUT2D eigenvalue weighted by molar-refractivity contribution is -0.146. The van der Waals surface area contributed by atoms with Crippen LogP contribution in [0.4, 0.5) is 0 Å². The molecule has 5 nitrogen and oxygen atoms in total. The molecule has 0 spiro atoms. The minimum absolute atomic E-state index is 0.0243. The second-order valence-corrected chi connectivity index (χ2v) is 6.16. The molecule has 0 radical (unpaired) electrons. The van der Waals surface area contributed by atoms with E-state index in [1.54, 1.807) is 12.0 Å². The van der Waals surface area contributed by atoms with Gasteiger partial charge in [-0.15, -0.1) is 0 Å². The van der Waals surface area contributed by atoms with Gasteiger partial charge in [0, 0.05) is 13.1 Å². The fourth-order valence-electron chi connectivity index (χ4n) is 2.99. The van der Waals surface area contributed by atoms with Crippen molar-refractivity contribution >= 4 is 11.9 Å². The van der Waals surface area contributed by atoms with Crippen molar-refractivity contribution in [1.82, 2.24) is 4.90 Å². The van der Waals surface area contributed by atoms with Crippen LogP contribution in [0, 0.1) is 18.8 Å². The minimum atomic E-state index is -0.818. The molecule has 22 heavy (non-hydrogen) atoms. The van der Waals surface area contributed by atoms with Crippen molar-refractivity contribution in [1.29, 1.82) is 0 Å². The Balaban J connectivity index is 2.06. The number of piperidine rings is 1. The Kier molecular flexibility index (Phi) is 5.06. The first-order valence-electron chi connectivity index (χ1n) is 7.54. The quantitative estimate of drug-likeness (QED) is 0.925. The molecule has 2 atom stereocenters. The highest BCUT2D eigenvalue weighted by Crippen LogP contribution is 2.24. The lowest BCUT2D eigenvalue weighted by Gasteiger charge is -2.34. The van der Waals surface area contributed by atoms with Crippen molar-refractivity contribution in [3.05, 3.63) is 29.3 Å². The number of rotatable bonds is 4. The number of likely N-dealkylation sites (tertiary alicyclic amines) is 1. The van der Waals surface area contributed by atoms with Gasteiger partial charge in [-0.3, -0.25) is 9.59 Å². The summed E-state index contributed by atoms with van der Waals surface area (Å²) in [5.74, 6) is -0.322. The number of hydrogen-bond acceptors (Lipinski definition) is 3. The van der Waals surface area contributed by atoms with Crippen molar-refractivity contribution < 1.29 is 19.4 Å². The molecule has 1 saturated heterocycles. The van der Waals surface area contributed by atoms with E-state index in [1.807, 2.05) is 32.0 Å². The van der Waals surface area contributed by atoms with Gasteiger partial charge in [-0.2, -0.15) is 0 Å². The highest BCUT2D eigenvalue weighted by molar-refractivity contribution is 5.80. The van der Waals surface area contributed by atoms with Gasteiger partial charge in [0.15, 0.2) is 0 Å². The van der Waals surface area contributed by atoms with Crippen LogP contribution in [0.2, 0.25) is 0 Å². The smallest absolute Gasteiger partial charge is 0.308 e. The predicted octanol–water partition coefficient (Wildman–Crippen LogP) is 2.12. The van der Waals surface area contributed by atoms with Crippen molar-refractivity contribution in [2.45, 2.75) is 26.7 Å². The monoisotopic (exact) mass is 305 g/mol. The van der Waals surface area contributed by atoms with Crippen molar-refractivity contribution in [2.75, 3.05) is 20.2 Å². The van der Waals surface area contributed by atoms with E-state index in [-0.39, 0.29) is 18.2 Å². The summed E-state index contributed by atoms with van der Waals surface area (Å²) in [5.41, 5.74) is 1.91. The Bertz CT molecular complexity index is 570. The predicted molar refractivity (Wildman–Crippen MR) is 82.9 cm³/mol. The molecular formula is C17H23NO4. The molecule has 2 rings (SSSR count). The number of carbonyl (C=O) groups is 2. The second-order valence-electron chi connectivity index (χ2n) is 6.16. The summed E-state index contributed by atoms with van der Waals surface area (Å²) in [6.45, 7) is 4.88. The number of amides is 1. The molecule has 1 fully saturated rings. The highest BCUT2D eigenvalue weighted by atomic mass is 16.5. The van der Waals surface area contributed by atoms with Gasteiger partial charge >= 0.3 is 5.97 Å². The molecule has 1 heterocycles. The topological polar surface area (TPSA) is 66.8 Å². The molecule has 1 amide bonds. The second kappa shape index (κ2) is 6.81. The number of nitrogens with zero attached hydrogens (tertiary/aromatic N) is 1. The molecule has 1 aliphatic rings. The number of ether oxygens (including phenoxy) is 1.